The van der Waals surface area contributed by atoms with Crippen molar-refractivity contribution in [1.29, 1.82) is 0 Å². The van der Waals surface area contributed by atoms with E-state index in [-0.39, 0.29) is 11.5 Å². The quantitative estimate of drug-likeness (QED) is 0.248. The van der Waals surface area contributed by atoms with Crippen molar-refractivity contribution in [3.63, 3.8) is 0 Å². The van der Waals surface area contributed by atoms with E-state index in [1.165, 1.54) is 34.1 Å². The highest BCUT2D eigenvalue weighted by Crippen LogP contribution is 2.40. The molecule has 0 radical (unpaired) electrons. The van der Waals surface area contributed by atoms with E-state index in [2.05, 4.69) is 15.9 Å². The zero-order chi connectivity index (χ0) is 25.1. The molecule has 0 unspecified atom stereocenters. The largest absolute Gasteiger partial charge is 0.496 e. The summed E-state index contributed by atoms with van der Waals surface area (Å²) in [4.78, 5) is 24.1. The molecule has 0 atom stereocenters. The predicted molar refractivity (Wildman–Crippen MR) is 115 cm³/mol. The van der Waals surface area contributed by atoms with Crippen molar-refractivity contribution in [2.45, 2.75) is 51.9 Å². The Bertz CT molecular complexity index is 846. The second kappa shape index (κ2) is 9.79. The van der Waals surface area contributed by atoms with Crippen molar-refractivity contribution in [2.24, 2.45) is 5.41 Å². The van der Waals surface area contributed by atoms with Gasteiger partial charge in [0.05, 0.1) is 29.7 Å². The lowest BCUT2D eigenvalue weighted by molar-refractivity contribution is -0.375. The average molecular weight is 524 g/mol. The number of hydrogen-bond acceptors (Lipinski definition) is 10. The Morgan fingerprint density at radius 3 is 1.97 bits per heavy atom. The highest BCUT2D eigenvalue weighted by molar-refractivity contribution is 9.10. The number of alkyl carbamates (subject to hydrolysis) is 1. The molecule has 0 saturated carbocycles. The van der Waals surface area contributed by atoms with Crippen LogP contribution in [0, 0.1) is 5.41 Å². The molecule has 0 saturated heterocycles. The van der Waals surface area contributed by atoms with Gasteiger partial charge in [-0.25, -0.2) is 4.79 Å². The van der Waals surface area contributed by atoms with Crippen LogP contribution in [0.15, 0.2) is 16.6 Å². The first kappa shape index (κ1) is 27.9. The SMILES string of the molecule is COc1cc(C(O)(O)C(O)(O)NC(=O)OCC(C)(C)OC(=O)C(C)(C)C)c(OC)cc1Br. The van der Waals surface area contributed by atoms with Crippen molar-refractivity contribution in [1.82, 2.24) is 5.32 Å². The first-order chi connectivity index (χ1) is 14.4. The van der Waals surface area contributed by atoms with Gasteiger partial charge in [-0.1, -0.05) is 0 Å². The smallest absolute Gasteiger partial charge is 0.411 e. The van der Waals surface area contributed by atoms with Crippen molar-refractivity contribution in [3.8, 4) is 11.5 Å². The van der Waals surface area contributed by atoms with Crippen molar-refractivity contribution >= 4 is 28.0 Å². The third-order valence-electron chi connectivity index (χ3n) is 4.14. The molecule has 0 spiro atoms. The second-order valence-corrected chi connectivity index (χ2v) is 9.49. The number of methoxy groups -OCH3 is 2. The zero-order valence-electron chi connectivity index (χ0n) is 19.0. The fourth-order valence-electron chi connectivity index (χ4n) is 2.26. The van der Waals surface area contributed by atoms with Crippen LogP contribution in [0.5, 0.6) is 11.5 Å². The van der Waals surface area contributed by atoms with E-state index < -0.39 is 46.9 Å². The number of aliphatic hydroxyl groups is 4. The molecular weight excluding hydrogens is 494 g/mol. The zero-order valence-corrected chi connectivity index (χ0v) is 20.6. The molecule has 1 aromatic rings. The van der Waals surface area contributed by atoms with Crippen LogP contribution in [-0.2, 0) is 20.1 Å². The van der Waals surface area contributed by atoms with Gasteiger partial charge in [-0.2, -0.15) is 0 Å². The average Bonchev–Trinajstić information content (AvgIpc) is 2.64. The van der Waals surface area contributed by atoms with Gasteiger partial charge in [0.2, 0.25) is 0 Å². The normalized spacial score (nSPS) is 12.8. The van der Waals surface area contributed by atoms with Crippen molar-refractivity contribution in [2.75, 3.05) is 20.8 Å². The van der Waals surface area contributed by atoms with E-state index in [0.717, 1.165) is 6.07 Å². The third kappa shape index (κ3) is 6.69. The number of esters is 1. The van der Waals surface area contributed by atoms with Crippen LogP contribution in [0.4, 0.5) is 4.79 Å². The van der Waals surface area contributed by atoms with Crippen LogP contribution in [-0.4, -0.2) is 64.8 Å². The number of carbonyl (C=O) groups is 2. The summed E-state index contributed by atoms with van der Waals surface area (Å²) in [5.41, 5.74) is -2.55. The molecule has 5 N–H and O–H groups in total. The minimum Gasteiger partial charge on any atom is -0.496 e. The molecule has 1 amide bonds. The van der Waals surface area contributed by atoms with Crippen LogP contribution in [0.25, 0.3) is 0 Å². The summed E-state index contributed by atoms with van der Waals surface area (Å²) in [5.74, 6) is -7.65. The minimum absolute atomic E-state index is 0.120. The number of rotatable bonds is 8. The van der Waals surface area contributed by atoms with Crippen LogP contribution in [0.3, 0.4) is 0 Å². The molecule has 12 heteroatoms. The van der Waals surface area contributed by atoms with E-state index in [9.17, 15) is 30.0 Å². The minimum atomic E-state index is -3.62. The van der Waals surface area contributed by atoms with Crippen LogP contribution < -0.4 is 14.8 Å². The summed E-state index contributed by atoms with van der Waals surface area (Å²) in [6.07, 6.45) is -1.43. The predicted octanol–water partition coefficient (Wildman–Crippen LogP) is 1.34. The van der Waals surface area contributed by atoms with Gasteiger partial charge in [-0.05, 0) is 62.7 Å². The molecule has 182 valence electrons. The maximum absolute atomic E-state index is 12.1. The molecule has 0 aliphatic rings. The molecule has 1 aromatic carbocycles. The Labute approximate surface area is 194 Å². The first-order valence-corrected chi connectivity index (χ1v) is 10.2. The summed E-state index contributed by atoms with van der Waals surface area (Å²) >= 11 is 3.19. The van der Waals surface area contributed by atoms with Gasteiger partial charge in [0, 0.05) is 0 Å². The number of carbonyl (C=O) groups excluding carboxylic acids is 2. The molecule has 0 aliphatic carbocycles. The second-order valence-electron chi connectivity index (χ2n) is 8.63. The van der Waals surface area contributed by atoms with Crippen molar-refractivity contribution in [3.05, 3.63) is 22.2 Å². The highest BCUT2D eigenvalue weighted by atomic mass is 79.9. The van der Waals surface area contributed by atoms with Gasteiger partial charge in [-0.3, -0.25) is 10.1 Å². The Morgan fingerprint density at radius 2 is 1.50 bits per heavy atom. The van der Waals surface area contributed by atoms with Gasteiger partial charge in [0.1, 0.15) is 23.7 Å². The van der Waals surface area contributed by atoms with E-state index in [0.29, 0.717) is 4.47 Å². The molecular formula is C20H30BrNO10. The molecule has 1 rings (SSSR count). The third-order valence-corrected chi connectivity index (χ3v) is 4.76. The highest BCUT2D eigenvalue weighted by Gasteiger charge is 2.53. The first-order valence-electron chi connectivity index (χ1n) is 9.38. The summed E-state index contributed by atoms with van der Waals surface area (Å²) in [7, 11) is 2.52. The Hall–Kier alpha value is -2.12. The maximum atomic E-state index is 12.1. The Morgan fingerprint density at radius 1 is 0.969 bits per heavy atom. The molecule has 0 bridgehead atoms. The fourth-order valence-corrected chi connectivity index (χ4v) is 2.74. The summed E-state index contributed by atoms with van der Waals surface area (Å²) in [5, 5.41) is 43.0. The van der Waals surface area contributed by atoms with Gasteiger partial charge < -0.3 is 39.4 Å². The number of ether oxygens (including phenoxy) is 4. The summed E-state index contributed by atoms with van der Waals surface area (Å²) < 4.78 is 20.7. The molecule has 0 aromatic heterocycles. The standard InChI is InChI=1S/C20H30BrNO10/c1-17(2,3)15(23)32-18(4,5)10-31-16(24)22-20(27,28)19(25,26)11-8-14(30-7)12(21)9-13(11)29-6/h8-9,25-28H,10H2,1-7H3,(H,22,24). The Kier molecular flexibility index (Phi) is 8.54. The molecule has 0 heterocycles. The number of halogens is 1. The molecule has 0 aliphatic heterocycles. The van der Waals surface area contributed by atoms with Crippen LogP contribution in [0.2, 0.25) is 0 Å². The Balaban J connectivity index is 3.00. The fraction of sp³-hybridized carbons (Fsp3) is 0.600. The van der Waals surface area contributed by atoms with E-state index in [1.54, 1.807) is 26.1 Å². The van der Waals surface area contributed by atoms with Crippen LogP contribution in [0.1, 0.15) is 40.2 Å². The van der Waals surface area contributed by atoms with Gasteiger partial charge in [0.15, 0.2) is 0 Å². The maximum Gasteiger partial charge on any atom is 0.411 e. The van der Waals surface area contributed by atoms with E-state index in [1.807, 2.05) is 0 Å². The van der Waals surface area contributed by atoms with E-state index in [4.69, 9.17) is 18.9 Å². The van der Waals surface area contributed by atoms with E-state index >= 15 is 0 Å². The van der Waals surface area contributed by atoms with Gasteiger partial charge in [-0.15, -0.1) is 0 Å². The van der Waals surface area contributed by atoms with Gasteiger partial charge in [0.25, 0.3) is 5.79 Å². The molecule has 0 fully saturated rings. The lowest BCUT2D eigenvalue weighted by atomic mass is 9.97. The monoisotopic (exact) mass is 523 g/mol. The molecule has 11 nitrogen and oxygen atoms in total. The number of hydrogen-bond donors (Lipinski definition) is 5. The lowest BCUT2D eigenvalue weighted by Gasteiger charge is -2.36. The summed E-state index contributed by atoms with van der Waals surface area (Å²) in [6, 6.07) is 2.38. The van der Waals surface area contributed by atoms with Crippen molar-refractivity contribution < 1.29 is 49.0 Å². The number of nitrogens with one attached hydrogen (secondary N) is 1. The molecule has 32 heavy (non-hydrogen) atoms. The number of benzene rings is 1. The number of amides is 1. The lowest BCUT2D eigenvalue weighted by Crippen LogP contribution is -2.63. The summed E-state index contributed by atoms with van der Waals surface area (Å²) in [6.45, 7) is 7.46. The van der Waals surface area contributed by atoms with Crippen LogP contribution >= 0.6 is 15.9 Å². The topological polar surface area (TPSA) is 164 Å². The van der Waals surface area contributed by atoms with Gasteiger partial charge >= 0.3 is 18.0 Å².